The van der Waals surface area contributed by atoms with Gasteiger partial charge in [-0.1, -0.05) is 12.1 Å². The number of hydrogen-bond acceptors (Lipinski definition) is 6. The molecule has 31 heavy (non-hydrogen) atoms. The number of aromatic nitrogens is 3. The summed E-state index contributed by atoms with van der Waals surface area (Å²) in [5, 5.41) is 3.22. The van der Waals surface area contributed by atoms with Crippen LogP contribution in [0.1, 0.15) is 16.8 Å². The van der Waals surface area contributed by atoms with Crippen LogP contribution in [0, 0.1) is 0 Å². The van der Waals surface area contributed by atoms with Crippen molar-refractivity contribution in [2.45, 2.75) is 12.5 Å². The number of H-pyrrole nitrogens is 1. The summed E-state index contributed by atoms with van der Waals surface area (Å²) in [6.07, 6.45) is 4.53. The Hall–Kier alpha value is -3.39. The highest BCUT2D eigenvalue weighted by Crippen LogP contribution is 2.23. The van der Waals surface area contributed by atoms with Gasteiger partial charge in [0.05, 0.1) is 30.2 Å². The number of carbonyl (C=O) groups excluding carboxylic acids is 1. The summed E-state index contributed by atoms with van der Waals surface area (Å²) < 4.78 is 5.45. The maximum Gasteiger partial charge on any atom is 0.253 e. The van der Waals surface area contributed by atoms with Crippen LogP contribution in [-0.4, -0.2) is 66.3 Å². The summed E-state index contributed by atoms with van der Waals surface area (Å²) in [5.74, 6) is 0.660. The third-order valence-corrected chi connectivity index (χ3v) is 5.82. The monoisotopic (exact) mass is 418 g/mol. The molecule has 0 radical (unpaired) electrons. The summed E-state index contributed by atoms with van der Waals surface area (Å²) in [7, 11) is 0. The number of amides is 1. The second kappa shape index (κ2) is 8.77. The van der Waals surface area contributed by atoms with E-state index >= 15 is 0 Å². The highest BCUT2D eigenvalue weighted by Gasteiger charge is 2.27. The molecule has 5 rings (SSSR count). The molecule has 8 nitrogen and oxygen atoms in total. The van der Waals surface area contributed by atoms with Gasteiger partial charge in [0.2, 0.25) is 5.95 Å². The van der Waals surface area contributed by atoms with Crippen LogP contribution in [0.5, 0.6) is 0 Å². The molecule has 2 aliphatic heterocycles. The van der Waals surface area contributed by atoms with Gasteiger partial charge in [-0.3, -0.25) is 4.79 Å². The van der Waals surface area contributed by atoms with E-state index in [1.807, 2.05) is 48.7 Å². The highest BCUT2D eigenvalue weighted by atomic mass is 16.5. The van der Waals surface area contributed by atoms with Crippen molar-refractivity contribution in [3.63, 3.8) is 0 Å². The number of nitrogens with one attached hydrogen (secondary N) is 2. The molecule has 0 bridgehead atoms. The van der Waals surface area contributed by atoms with E-state index in [2.05, 4.69) is 25.1 Å². The number of rotatable bonds is 5. The van der Waals surface area contributed by atoms with Crippen molar-refractivity contribution < 1.29 is 9.53 Å². The molecule has 0 saturated carbocycles. The Morgan fingerprint density at radius 2 is 1.94 bits per heavy atom. The van der Waals surface area contributed by atoms with Crippen molar-refractivity contribution in [3.8, 4) is 11.4 Å². The normalized spacial score (nSPS) is 18.9. The Morgan fingerprint density at radius 3 is 2.77 bits per heavy atom. The van der Waals surface area contributed by atoms with E-state index in [4.69, 9.17) is 9.72 Å². The van der Waals surface area contributed by atoms with Gasteiger partial charge < -0.3 is 24.8 Å². The number of para-hydroxylation sites is 1. The number of benzene rings is 1. The Kier molecular flexibility index (Phi) is 5.54. The van der Waals surface area contributed by atoms with Crippen LogP contribution in [-0.2, 0) is 4.74 Å². The molecule has 1 aromatic carbocycles. The molecule has 2 fully saturated rings. The van der Waals surface area contributed by atoms with E-state index < -0.39 is 0 Å². The van der Waals surface area contributed by atoms with Crippen molar-refractivity contribution in [2.75, 3.05) is 49.2 Å². The van der Waals surface area contributed by atoms with Crippen LogP contribution < -0.4 is 15.1 Å². The molecule has 2 N–H and O–H groups in total. The second-order valence-corrected chi connectivity index (χ2v) is 7.85. The van der Waals surface area contributed by atoms with Gasteiger partial charge in [-0.15, -0.1) is 0 Å². The summed E-state index contributed by atoms with van der Waals surface area (Å²) >= 11 is 0. The predicted octanol–water partition coefficient (Wildman–Crippen LogP) is 2.32. The summed E-state index contributed by atoms with van der Waals surface area (Å²) in [6, 6.07) is 13.7. The van der Waals surface area contributed by atoms with Crippen LogP contribution in [0.4, 0.5) is 11.6 Å². The van der Waals surface area contributed by atoms with Crippen LogP contribution in [0.2, 0.25) is 0 Å². The molecule has 2 aliphatic rings. The number of hydrogen-bond donors (Lipinski definition) is 2. The molecule has 2 aromatic heterocycles. The largest absolute Gasteiger partial charge is 0.378 e. The summed E-state index contributed by atoms with van der Waals surface area (Å²) in [5.41, 5.74) is 3.52. The maximum absolute atomic E-state index is 13.1. The Morgan fingerprint density at radius 1 is 1.06 bits per heavy atom. The number of ether oxygens (including phenoxy) is 1. The quantitative estimate of drug-likeness (QED) is 0.661. The number of morpholine rings is 1. The van der Waals surface area contributed by atoms with Gasteiger partial charge in [0, 0.05) is 50.3 Å². The standard InChI is InChI=1S/C23H26N6O2/c30-22(18-4-1-2-6-21(18)28-12-14-31-15-13-28)26-17-8-11-29(16-17)23-25-10-7-20(27-23)19-5-3-9-24-19/h1-7,9-10,17,24H,8,11-16H2,(H,26,30). The zero-order chi connectivity index (χ0) is 21.0. The third kappa shape index (κ3) is 4.25. The lowest BCUT2D eigenvalue weighted by molar-refractivity contribution is 0.0939. The first-order chi connectivity index (χ1) is 15.3. The van der Waals surface area contributed by atoms with Crippen molar-refractivity contribution >= 4 is 17.5 Å². The molecule has 1 atom stereocenters. The van der Waals surface area contributed by atoms with E-state index in [0.717, 1.165) is 43.1 Å². The van der Waals surface area contributed by atoms with Crippen LogP contribution >= 0.6 is 0 Å². The molecule has 0 spiro atoms. The lowest BCUT2D eigenvalue weighted by atomic mass is 10.1. The zero-order valence-corrected chi connectivity index (χ0v) is 17.3. The summed E-state index contributed by atoms with van der Waals surface area (Å²) in [6.45, 7) is 4.49. The Labute approximate surface area is 181 Å². The molecule has 3 aromatic rings. The minimum Gasteiger partial charge on any atom is -0.378 e. The van der Waals surface area contributed by atoms with E-state index in [1.165, 1.54) is 0 Å². The molecule has 160 valence electrons. The van der Waals surface area contributed by atoms with Crippen molar-refractivity contribution in [1.29, 1.82) is 0 Å². The first-order valence-electron chi connectivity index (χ1n) is 10.7. The van der Waals surface area contributed by atoms with Gasteiger partial charge >= 0.3 is 0 Å². The Bertz CT molecular complexity index is 1030. The molecular weight excluding hydrogens is 392 g/mol. The van der Waals surface area contributed by atoms with Gasteiger partial charge in [-0.05, 0) is 36.8 Å². The molecule has 8 heteroatoms. The maximum atomic E-state index is 13.1. The minimum atomic E-state index is -0.0324. The zero-order valence-electron chi connectivity index (χ0n) is 17.3. The average molecular weight is 419 g/mol. The highest BCUT2D eigenvalue weighted by molar-refractivity contribution is 6.00. The number of carbonyl (C=O) groups is 1. The fourth-order valence-electron chi connectivity index (χ4n) is 4.21. The fraction of sp³-hybridized carbons (Fsp3) is 0.348. The van der Waals surface area contributed by atoms with Gasteiger partial charge in [0.1, 0.15) is 0 Å². The second-order valence-electron chi connectivity index (χ2n) is 7.85. The number of nitrogens with zero attached hydrogens (tertiary/aromatic N) is 4. The molecule has 2 saturated heterocycles. The Balaban J connectivity index is 1.26. The lowest BCUT2D eigenvalue weighted by Crippen LogP contribution is -2.40. The van der Waals surface area contributed by atoms with Crippen molar-refractivity contribution in [3.05, 3.63) is 60.4 Å². The SMILES string of the molecule is O=C(NC1CCN(c2nccc(-c3ccc[nH]3)n2)C1)c1ccccc1N1CCOCC1. The van der Waals surface area contributed by atoms with E-state index in [1.54, 1.807) is 6.20 Å². The predicted molar refractivity (Wildman–Crippen MR) is 119 cm³/mol. The van der Waals surface area contributed by atoms with Gasteiger partial charge in [-0.2, -0.15) is 0 Å². The fourth-order valence-corrected chi connectivity index (χ4v) is 4.21. The minimum absolute atomic E-state index is 0.0324. The average Bonchev–Trinajstić information content (AvgIpc) is 3.52. The van der Waals surface area contributed by atoms with Gasteiger partial charge in [0.25, 0.3) is 5.91 Å². The molecule has 0 aliphatic carbocycles. The van der Waals surface area contributed by atoms with Crippen molar-refractivity contribution in [1.82, 2.24) is 20.3 Å². The van der Waals surface area contributed by atoms with Crippen molar-refractivity contribution in [2.24, 2.45) is 0 Å². The van der Waals surface area contributed by atoms with E-state index in [0.29, 0.717) is 31.3 Å². The molecule has 1 unspecified atom stereocenters. The third-order valence-electron chi connectivity index (χ3n) is 5.82. The topological polar surface area (TPSA) is 86.4 Å². The van der Waals surface area contributed by atoms with E-state index in [9.17, 15) is 4.79 Å². The van der Waals surface area contributed by atoms with Gasteiger partial charge in [-0.25, -0.2) is 9.97 Å². The van der Waals surface area contributed by atoms with Crippen LogP contribution in [0.15, 0.2) is 54.9 Å². The lowest BCUT2D eigenvalue weighted by Gasteiger charge is -2.30. The van der Waals surface area contributed by atoms with Crippen LogP contribution in [0.25, 0.3) is 11.4 Å². The first-order valence-corrected chi connectivity index (χ1v) is 10.7. The van der Waals surface area contributed by atoms with Gasteiger partial charge in [0.15, 0.2) is 0 Å². The molecule has 1 amide bonds. The number of anilines is 2. The van der Waals surface area contributed by atoms with Crippen LogP contribution in [0.3, 0.4) is 0 Å². The van der Waals surface area contributed by atoms with E-state index in [-0.39, 0.29) is 11.9 Å². The number of aromatic amines is 1. The summed E-state index contributed by atoms with van der Waals surface area (Å²) in [4.78, 5) is 29.8. The smallest absolute Gasteiger partial charge is 0.253 e. The molecule has 4 heterocycles. The molecular formula is C23H26N6O2. The first kappa shape index (κ1) is 19.6.